The molecule has 27 heavy (non-hydrogen) atoms. The van der Waals surface area contributed by atoms with Crippen LogP contribution in [0, 0.1) is 0 Å². The number of aromatic hydroxyl groups is 2. The second-order valence-corrected chi connectivity index (χ2v) is 5.97. The number of anilines is 1. The maximum atomic E-state index is 12.0. The van der Waals surface area contributed by atoms with Crippen molar-refractivity contribution in [3.8, 4) is 11.5 Å². The van der Waals surface area contributed by atoms with Gasteiger partial charge in [-0.3, -0.25) is 4.79 Å². The van der Waals surface area contributed by atoms with E-state index in [-0.39, 0.29) is 17.4 Å². The molecular formula is C23H19NO3. The van der Waals surface area contributed by atoms with E-state index in [2.05, 4.69) is 5.32 Å². The molecule has 4 heteroatoms. The third-order valence-electron chi connectivity index (χ3n) is 3.80. The number of rotatable bonds is 5. The Morgan fingerprint density at radius 1 is 0.704 bits per heavy atom. The monoisotopic (exact) mass is 357 g/mol. The molecule has 1 amide bonds. The van der Waals surface area contributed by atoms with Gasteiger partial charge in [0.25, 0.3) is 0 Å². The zero-order chi connectivity index (χ0) is 19.1. The van der Waals surface area contributed by atoms with Gasteiger partial charge in [0.1, 0.15) is 11.5 Å². The number of nitrogens with one attached hydrogen (secondary N) is 1. The van der Waals surface area contributed by atoms with Gasteiger partial charge >= 0.3 is 0 Å². The van der Waals surface area contributed by atoms with Crippen molar-refractivity contribution in [2.24, 2.45) is 0 Å². The summed E-state index contributed by atoms with van der Waals surface area (Å²) in [7, 11) is 0. The molecule has 0 aliphatic heterocycles. The number of amides is 1. The molecule has 0 radical (unpaired) electrons. The molecule has 0 spiro atoms. The average molecular weight is 357 g/mol. The normalized spacial score (nSPS) is 11.1. The van der Waals surface area contributed by atoms with Crippen molar-refractivity contribution >= 4 is 29.8 Å². The number of phenols is 2. The van der Waals surface area contributed by atoms with E-state index in [0.29, 0.717) is 11.3 Å². The molecule has 0 aliphatic rings. The Hall–Kier alpha value is -3.79. The molecule has 3 N–H and O–H groups in total. The summed E-state index contributed by atoms with van der Waals surface area (Å²) in [5, 5.41) is 21.8. The molecule has 0 bridgehead atoms. The Kier molecular flexibility index (Phi) is 5.70. The number of benzene rings is 3. The van der Waals surface area contributed by atoms with E-state index in [0.717, 1.165) is 11.1 Å². The van der Waals surface area contributed by atoms with Crippen molar-refractivity contribution in [1.82, 2.24) is 0 Å². The van der Waals surface area contributed by atoms with Crippen molar-refractivity contribution in [1.29, 1.82) is 0 Å². The predicted molar refractivity (Wildman–Crippen MR) is 109 cm³/mol. The average Bonchev–Trinajstić information content (AvgIpc) is 2.66. The zero-order valence-electron chi connectivity index (χ0n) is 14.5. The topological polar surface area (TPSA) is 69.6 Å². The van der Waals surface area contributed by atoms with Crippen LogP contribution in [0.25, 0.3) is 18.2 Å². The summed E-state index contributed by atoms with van der Waals surface area (Å²) < 4.78 is 0. The number of carbonyl (C=O) groups is 1. The number of phenolic OH excluding ortho intramolecular Hbond substituents is 2. The highest BCUT2D eigenvalue weighted by Gasteiger charge is 1.99. The van der Waals surface area contributed by atoms with Crippen LogP contribution in [0.3, 0.4) is 0 Å². The standard InChI is InChI=1S/C23H19NO3/c25-21-14-19(15-22(26)16-21)7-6-18-8-11-20(12-9-18)24-23(27)13-10-17-4-2-1-3-5-17/h1-16,25-26H,(H,24,27)/b7-6+,13-10+. The van der Waals surface area contributed by atoms with Gasteiger partial charge in [-0.2, -0.15) is 0 Å². The van der Waals surface area contributed by atoms with E-state index < -0.39 is 0 Å². The fourth-order valence-corrected chi connectivity index (χ4v) is 2.50. The fraction of sp³-hybridized carbons (Fsp3) is 0. The van der Waals surface area contributed by atoms with Crippen LogP contribution in [0.15, 0.2) is 78.9 Å². The summed E-state index contributed by atoms with van der Waals surface area (Å²) in [5.41, 5.74) is 3.28. The molecule has 3 aromatic carbocycles. The van der Waals surface area contributed by atoms with Crippen LogP contribution in [0.4, 0.5) is 5.69 Å². The van der Waals surface area contributed by atoms with Gasteiger partial charge in [0.2, 0.25) is 5.91 Å². The van der Waals surface area contributed by atoms with Crippen LogP contribution in [0.5, 0.6) is 11.5 Å². The van der Waals surface area contributed by atoms with Gasteiger partial charge in [-0.05, 0) is 47.0 Å². The van der Waals surface area contributed by atoms with Gasteiger partial charge in [0.15, 0.2) is 0 Å². The van der Waals surface area contributed by atoms with Crippen LogP contribution in [-0.4, -0.2) is 16.1 Å². The van der Waals surface area contributed by atoms with Crippen molar-refractivity contribution < 1.29 is 15.0 Å². The van der Waals surface area contributed by atoms with Crippen LogP contribution < -0.4 is 5.32 Å². The molecule has 0 saturated heterocycles. The van der Waals surface area contributed by atoms with E-state index in [1.54, 1.807) is 24.3 Å². The number of hydrogen-bond acceptors (Lipinski definition) is 3. The first-order valence-corrected chi connectivity index (χ1v) is 8.44. The first-order chi connectivity index (χ1) is 13.1. The third kappa shape index (κ3) is 5.61. The minimum atomic E-state index is -0.197. The first-order valence-electron chi connectivity index (χ1n) is 8.44. The molecular weight excluding hydrogens is 338 g/mol. The minimum Gasteiger partial charge on any atom is -0.508 e. The summed E-state index contributed by atoms with van der Waals surface area (Å²) in [6.45, 7) is 0. The first kappa shape index (κ1) is 18.0. The van der Waals surface area contributed by atoms with Gasteiger partial charge in [0, 0.05) is 17.8 Å². The van der Waals surface area contributed by atoms with Crippen molar-refractivity contribution in [2.75, 3.05) is 5.32 Å². The SMILES string of the molecule is O=C(/C=C/c1ccccc1)Nc1ccc(/C=C/c2cc(O)cc(O)c2)cc1. The van der Waals surface area contributed by atoms with Gasteiger partial charge in [-0.15, -0.1) is 0 Å². The van der Waals surface area contributed by atoms with Gasteiger partial charge in [-0.25, -0.2) is 0 Å². The quantitative estimate of drug-likeness (QED) is 0.448. The second kappa shape index (κ2) is 8.54. The largest absolute Gasteiger partial charge is 0.508 e. The Morgan fingerprint density at radius 2 is 1.30 bits per heavy atom. The summed E-state index contributed by atoms with van der Waals surface area (Å²) in [6.07, 6.45) is 6.90. The number of hydrogen-bond donors (Lipinski definition) is 3. The predicted octanol–water partition coefficient (Wildman–Crippen LogP) is 4.92. The maximum Gasteiger partial charge on any atom is 0.248 e. The zero-order valence-corrected chi connectivity index (χ0v) is 14.5. The highest BCUT2D eigenvalue weighted by atomic mass is 16.3. The molecule has 3 aromatic rings. The van der Waals surface area contributed by atoms with E-state index in [1.807, 2.05) is 60.7 Å². The Labute approximate surface area is 157 Å². The lowest BCUT2D eigenvalue weighted by molar-refractivity contribution is -0.111. The molecule has 4 nitrogen and oxygen atoms in total. The van der Waals surface area contributed by atoms with E-state index in [9.17, 15) is 15.0 Å². The second-order valence-electron chi connectivity index (χ2n) is 5.97. The number of carbonyl (C=O) groups excluding carboxylic acids is 1. The summed E-state index contributed by atoms with van der Waals surface area (Å²) in [5.74, 6) is -0.176. The Balaban J connectivity index is 1.60. The Morgan fingerprint density at radius 3 is 1.96 bits per heavy atom. The van der Waals surface area contributed by atoms with Crippen LogP contribution in [-0.2, 0) is 4.79 Å². The third-order valence-corrected chi connectivity index (χ3v) is 3.80. The maximum absolute atomic E-state index is 12.0. The Bertz CT molecular complexity index is 954. The molecule has 0 saturated carbocycles. The summed E-state index contributed by atoms with van der Waals surface area (Å²) in [6, 6.07) is 21.4. The minimum absolute atomic E-state index is 0.0104. The molecule has 0 atom stereocenters. The molecule has 0 aliphatic carbocycles. The van der Waals surface area contributed by atoms with Crippen LogP contribution in [0.2, 0.25) is 0 Å². The lowest BCUT2D eigenvalue weighted by Crippen LogP contribution is -2.07. The van der Waals surface area contributed by atoms with E-state index in [4.69, 9.17) is 0 Å². The van der Waals surface area contributed by atoms with E-state index in [1.165, 1.54) is 12.1 Å². The lowest BCUT2D eigenvalue weighted by Gasteiger charge is -2.03. The van der Waals surface area contributed by atoms with Crippen molar-refractivity contribution in [2.45, 2.75) is 0 Å². The van der Waals surface area contributed by atoms with E-state index >= 15 is 0 Å². The highest BCUT2D eigenvalue weighted by Crippen LogP contribution is 2.22. The smallest absolute Gasteiger partial charge is 0.248 e. The van der Waals surface area contributed by atoms with Crippen molar-refractivity contribution in [3.05, 3.63) is 95.6 Å². The molecule has 0 fully saturated rings. The molecule has 134 valence electrons. The van der Waals surface area contributed by atoms with Crippen LogP contribution in [0.1, 0.15) is 16.7 Å². The van der Waals surface area contributed by atoms with Gasteiger partial charge < -0.3 is 15.5 Å². The van der Waals surface area contributed by atoms with Crippen LogP contribution >= 0.6 is 0 Å². The fourth-order valence-electron chi connectivity index (χ4n) is 2.50. The van der Waals surface area contributed by atoms with Gasteiger partial charge in [0.05, 0.1) is 0 Å². The van der Waals surface area contributed by atoms with Gasteiger partial charge in [-0.1, -0.05) is 54.6 Å². The summed E-state index contributed by atoms with van der Waals surface area (Å²) in [4.78, 5) is 12.0. The van der Waals surface area contributed by atoms with Crippen molar-refractivity contribution in [3.63, 3.8) is 0 Å². The highest BCUT2D eigenvalue weighted by molar-refractivity contribution is 6.01. The summed E-state index contributed by atoms with van der Waals surface area (Å²) >= 11 is 0. The molecule has 0 aromatic heterocycles. The molecule has 3 rings (SSSR count). The molecule has 0 unspecified atom stereocenters. The molecule has 0 heterocycles. The lowest BCUT2D eigenvalue weighted by atomic mass is 10.1.